The molecule has 0 aromatic heterocycles. The molecule has 0 amide bonds. The zero-order valence-electron chi connectivity index (χ0n) is 12.2. The fourth-order valence-corrected chi connectivity index (χ4v) is 2.56. The van der Waals surface area contributed by atoms with Crippen LogP contribution in [0.25, 0.3) is 0 Å². The molecule has 0 atom stereocenters. The summed E-state index contributed by atoms with van der Waals surface area (Å²) in [6, 6.07) is 13.0. The van der Waals surface area contributed by atoms with Crippen LogP contribution < -0.4 is 5.32 Å². The van der Waals surface area contributed by atoms with Crippen molar-refractivity contribution in [3.63, 3.8) is 0 Å². The molecule has 4 heteroatoms. The predicted octanol–water partition coefficient (Wildman–Crippen LogP) is 5.50. The molecule has 2 aromatic carbocycles. The molecular weight excluding hydrogens is 331 g/mol. The lowest BCUT2D eigenvalue weighted by Gasteiger charge is -2.23. The average molecular weight is 347 g/mol. The largest absolute Gasteiger partial charge is 0.353 e. The molecule has 0 aliphatic rings. The number of hydrogen-bond donors (Lipinski definition) is 1. The van der Waals surface area contributed by atoms with Crippen molar-refractivity contribution in [3.8, 4) is 6.07 Å². The van der Waals surface area contributed by atoms with Crippen LogP contribution in [0.5, 0.6) is 0 Å². The van der Waals surface area contributed by atoms with Crippen LogP contribution in [0, 0.1) is 17.1 Å². The Hall–Kier alpha value is -1.86. The van der Waals surface area contributed by atoms with Crippen LogP contribution in [0.4, 0.5) is 15.8 Å². The summed E-state index contributed by atoms with van der Waals surface area (Å²) in [7, 11) is 0. The number of benzene rings is 2. The molecule has 2 rings (SSSR count). The molecule has 2 nitrogen and oxygen atoms in total. The summed E-state index contributed by atoms with van der Waals surface area (Å²) < 4.78 is 14.5. The van der Waals surface area contributed by atoms with E-state index < -0.39 is 5.82 Å². The van der Waals surface area contributed by atoms with Gasteiger partial charge in [0.1, 0.15) is 6.07 Å². The molecule has 1 N–H and O–H groups in total. The van der Waals surface area contributed by atoms with Crippen LogP contribution in [-0.4, -0.2) is 0 Å². The van der Waals surface area contributed by atoms with E-state index in [0.29, 0.717) is 5.69 Å². The van der Waals surface area contributed by atoms with Crippen molar-refractivity contribution >= 4 is 27.3 Å². The van der Waals surface area contributed by atoms with E-state index >= 15 is 0 Å². The van der Waals surface area contributed by atoms with Crippen LogP contribution in [0.3, 0.4) is 0 Å². The van der Waals surface area contributed by atoms with Crippen LogP contribution in [0.1, 0.15) is 31.9 Å². The van der Waals surface area contributed by atoms with Gasteiger partial charge in [0.15, 0.2) is 5.82 Å². The van der Waals surface area contributed by atoms with Crippen molar-refractivity contribution in [2.45, 2.75) is 26.2 Å². The Morgan fingerprint density at radius 2 is 1.76 bits per heavy atom. The third kappa shape index (κ3) is 3.25. The van der Waals surface area contributed by atoms with Gasteiger partial charge in [-0.3, -0.25) is 0 Å². The third-order valence-corrected chi connectivity index (χ3v) is 3.98. The van der Waals surface area contributed by atoms with Crippen molar-refractivity contribution in [3.05, 3.63) is 57.8 Å². The van der Waals surface area contributed by atoms with Gasteiger partial charge < -0.3 is 5.32 Å². The monoisotopic (exact) mass is 346 g/mol. The summed E-state index contributed by atoms with van der Waals surface area (Å²) in [5.74, 6) is -0.460. The Morgan fingerprint density at radius 1 is 1.10 bits per heavy atom. The zero-order chi connectivity index (χ0) is 15.6. The lowest BCUT2D eigenvalue weighted by atomic mass is 9.86. The van der Waals surface area contributed by atoms with Crippen LogP contribution in [-0.2, 0) is 5.41 Å². The number of halogens is 2. The molecule has 0 heterocycles. The number of hydrogen-bond acceptors (Lipinski definition) is 2. The zero-order valence-corrected chi connectivity index (χ0v) is 13.8. The van der Waals surface area contributed by atoms with Gasteiger partial charge in [-0.05, 0) is 45.1 Å². The molecule has 2 aromatic rings. The minimum Gasteiger partial charge on any atom is -0.353 e. The molecule has 0 radical (unpaired) electrons. The van der Waals surface area contributed by atoms with Crippen LogP contribution in [0.15, 0.2) is 40.9 Å². The van der Waals surface area contributed by atoms with Gasteiger partial charge in [-0.2, -0.15) is 5.26 Å². The summed E-state index contributed by atoms with van der Waals surface area (Å²) in [6.07, 6.45) is 0. The standard InChI is InChI=1S/C17H16BrFN2/c1-17(2,3)12-6-4-5-7-13(12)21-14-9-8-11(10-20)15(18)16(14)19/h4-9,21H,1-3H3. The van der Waals surface area contributed by atoms with Crippen LogP contribution >= 0.6 is 15.9 Å². The number of rotatable bonds is 2. The molecule has 0 saturated heterocycles. The number of nitriles is 1. The minimum atomic E-state index is -0.460. The molecule has 0 aliphatic heterocycles. The van der Waals surface area contributed by atoms with Crippen LogP contribution in [0.2, 0.25) is 0 Å². The highest BCUT2D eigenvalue weighted by Crippen LogP contribution is 2.34. The van der Waals surface area contributed by atoms with E-state index in [9.17, 15) is 4.39 Å². The van der Waals surface area contributed by atoms with Gasteiger partial charge in [0.25, 0.3) is 0 Å². The summed E-state index contributed by atoms with van der Waals surface area (Å²) in [5.41, 5.74) is 2.54. The van der Waals surface area contributed by atoms with E-state index in [0.717, 1.165) is 11.3 Å². The quantitative estimate of drug-likeness (QED) is 0.778. The maximum atomic E-state index is 14.3. The first-order chi connectivity index (χ1) is 9.84. The van der Waals surface area contributed by atoms with Crippen molar-refractivity contribution in [2.24, 2.45) is 0 Å². The fourth-order valence-electron chi connectivity index (χ4n) is 2.12. The van der Waals surface area contributed by atoms with Crippen molar-refractivity contribution in [1.82, 2.24) is 0 Å². The average Bonchev–Trinajstić information content (AvgIpc) is 2.44. The summed E-state index contributed by atoms with van der Waals surface area (Å²) >= 11 is 3.13. The Morgan fingerprint density at radius 3 is 2.38 bits per heavy atom. The highest BCUT2D eigenvalue weighted by molar-refractivity contribution is 9.10. The van der Waals surface area contributed by atoms with Gasteiger partial charge in [-0.25, -0.2) is 4.39 Å². The SMILES string of the molecule is CC(C)(C)c1ccccc1Nc1ccc(C#N)c(Br)c1F. The van der Waals surface area contributed by atoms with Gasteiger partial charge in [-0.1, -0.05) is 39.0 Å². The molecule has 108 valence electrons. The number of nitrogens with one attached hydrogen (secondary N) is 1. The van der Waals surface area contributed by atoms with E-state index in [1.54, 1.807) is 12.1 Å². The molecule has 0 fully saturated rings. The summed E-state index contributed by atoms with van der Waals surface area (Å²) in [5, 5.41) is 12.0. The van der Waals surface area contributed by atoms with Crippen molar-refractivity contribution < 1.29 is 4.39 Å². The molecule has 0 spiro atoms. The van der Waals surface area contributed by atoms with E-state index in [4.69, 9.17) is 5.26 Å². The summed E-state index contributed by atoms with van der Waals surface area (Å²) in [6.45, 7) is 6.33. The Kier molecular flexibility index (Phi) is 4.34. The molecule has 0 bridgehead atoms. The van der Waals surface area contributed by atoms with Gasteiger partial charge >= 0.3 is 0 Å². The van der Waals surface area contributed by atoms with Crippen molar-refractivity contribution in [2.75, 3.05) is 5.32 Å². The van der Waals surface area contributed by atoms with Gasteiger partial charge in [0.05, 0.1) is 15.7 Å². The Labute approximate surface area is 132 Å². The van der Waals surface area contributed by atoms with E-state index in [-0.39, 0.29) is 15.5 Å². The molecule has 0 aliphatic carbocycles. The number of para-hydroxylation sites is 1. The highest BCUT2D eigenvalue weighted by atomic mass is 79.9. The maximum Gasteiger partial charge on any atom is 0.162 e. The second-order valence-electron chi connectivity index (χ2n) is 5.82. The second kappa shape index (κ2) is 5.87. The third-order valence-electron chi connectivity index (χ3n) is 3.21. The normalized spacial score (nSPS) is 11.0. The van der Waals surface area contributed by atoms with Gasteiger partial charge in [-0.15, -0.1) is 0 Å². The van der Waals surface area contributed by atoms with Crippen molar-refractivity contribution in [1.29, 1.82) is 5.26 Å². The number of nitrogens with zero attached hydrogens (tertiary/aromatic N) is 1. The van der Waals surface area contributed by atoms with Gasteiger partial charge in [0, 0.05) is 5.69 Å². The first kappa shape index (κ1) is 15.5. The smallest absolute Gasteiger partial charge is 0.162 e. The maximum absolute atomic E-state index is 14.3. The van der Waals surface area contributed by atoms with E-state index in [1.165, 1.54) is 0 Å². The number of anilines is 2. The summed E-state index contributed by atoms with van der Waals surface area (Å²) in [4.78, 5) is 0. The molecular formula is C17H16BrFN2. The first-order valence-electron chi connectivity index (χ1n) is 6.59. The highest BCUT2D eigenvalue weighted by Gasteiger charge is 2.19. The lowest BCUT2D eigenvalue weighted by molar-refractivity contribution is 0.591. The van der Waals surface area contributed by atoms with E-state index in [2.05, 4.69) is 42.0 Å². The molecule has 0 saturated carbocycles. The Balaban J connectivity index is 2.45. The predicted molar refractivity (Wildman–Crippen MR) is 87.2 cm³/mol. The Bertz CT molecular complexity index is 712. The van der Waals surface area contributed by atoms with Gasteiger partial charge in [0.2, 0.25) is 0 Å². The van der Waals surface area contributed by atoms with E-state index in [1.807, 2.05) is 30.3 Å². The topological polar surface area (TPSA) is 35.8 Å². The first-order valence-corrected chi connectivity index (χ1v) is 7.38. The minimum absolute atomic E-state index is 0.0517. The molecule has 0 unspecified atom stereocenters. The molecule has 21 heavy (non-hydrogen) atoms. The second-order valence-corrected chi connectivity index (χ2v) is 6.61. The lowest BCUT2D eigenvalue weighted by Crippen LogP contribution is -2.13. The fraction of sp³-hybridized carbons (Fsp3) is 0.235.